The van der Waals surface area contributed by atoms with Crippen molar-refractivity contribution in [2.45, 2.75) is 19.5 Å². The molecule has 1 N–H and O–H groups in total. The third kappa shape index (κ3) is 2.68. The lowest BCUT2D eigenvalue weighted by Gasteiger charge is -2.38. The highest BCUT2D eigenvalue weighted by Gasteiger charge is 2.31. The largest absolute Gasteiger partial charge is 0.361 e. The number of rotatable bonds is 3. The lowest BCUT2D eigenvalue weighted by atomic mass is 10.0. The summed E-state index contributed by atoms with van der Waals surface area (Å²) in [5.74, 6) is 0.0937. The van der Waals surface area contributed by atoms with E-state index in [9.17, 15) is 4.79 Å². The quantitative estimate of drug-likeness (QED) is 0.893. The predicted molar refractivity (Wildman–Crippen MR) is 88.3 cm³/mol. The van der Waals surface area contributed by atoms with E-state index in [2.05, 4.69) is 34.2 Å². The van der Waals surface area contributed by atoms with Crippen LogP contribution >= 0.6 is 15.9 Å². The molecule has 0 aromatic heterocycles. The number of benzene rings is 2. The van der Waals surface area contributed by atoms with Crippen LogP contribution in [0.2, 0.25) is 0 Å². The van der Waals surface area contributed by atoms with Gasteiger partial charge < -0.3 is 10.2 Å². The highest BCUT2D eigenvalue weighted by atomic mass is 79.9. The molecule has 2 aromatic carbocycles. The van der Waals surface area contributed by atoms with Crippen LogP contribution in [0, 0.1) is 0 Å². The molecular weight excluding hydrogens is 328 g/mol. The van der Waals surface area contributed by atoms with Gasteiger partial charge in [-0.3, -0.25) is 4.79 Å². The Morgan fingerprint density at radius 3 is 2.76 bits per heavy atom. The number of nitrogens with zero attached hydrogens (tertiary/aromatic N) is 1. The minimum absolute atomic E-state index is 0.0937. The van der Waals surface area contributed by atoms with Crippen LogP contribution < -0.4 is 5.32 Å². The standard InChI is InChI=1S/C17H17BrN2O/c1-2-10-20-16(12-6-5-7-13(18)11-12)19-15-9-4-3-8-14(15)17(20)21/h3-9,11,16,19H,2,10H2,1H3. The molecule has 1 heterocycles. The average molecular weight is 345 g/mol. The van der Waals surface area contributed by atoms with Gasteiger partial charge in [0, 0.05) is 16.7 Å². The fourth-order valence-corrected chi connectivity index (χ4v) is 3.12. The molecule has 108 valence electrons. The Morgan fingerprint density at radius 1 is 1.19 bits per heavy atom. The second-order valence-electron chi connectivity index (χ2n) is 5.15. The van der Waals surface area contributed by atoms with Crippen LogP contribution in [-0.4, -0.2) is 17.4 Å². The molecule has 1 aliphatic heterocycles. The predicted octanol–water partition coefficient (Wildman–Crippen LogP) is 4.43. The molecule has 0 spiro atoms. The fourth-order valence-electron chi connectivity index (χ4n) is 2.70. The van der Waals surface area contributed by atoms with E-state index in [-0.39, 0.29) is 12.1 Å². The topological polar surface area (TPSA) is 32.3 Å². The first-order valence-corrected chi connectivity index (χ1v) is 7.92. The van der Waals surface area contributed by atoms with Crippen LogP contribution in [0.5, 0.6) is 0 Å². The Labute approximate surface area is 133 Å². The Morgan fingerprint density at radius 2 is 2.00 bits per heavy atom. The van der Waals surface area contributed by atoms with E-state index in [0.717, 1.165) is 34.3 Å². The van der Waals surface area contributed by atoms with Crippen molar-refractivity contribution >= 4 is 27.5 Å². The number of fused-ring (bicyclic) bond motifs is 1. The number of hydrogen-bond acceptors (Lipinski definition) is 2. The molecule has 0 saturated carbocycles. The molecule has 1 aliphatic rings. The van der Waals surface area contributed by atoms with Crippen molar-refractivity contribution in [2.24, 2.45) is 0 Å². The van der Waals surface area contributed by atoms with Gasteiger partial charge in [-0.1, -0.05) is 47.1 Å². The normalized spacial score (nSPS) is 17.3. The second kappa shape index (κ2) is 5.90. The first-order chi connectivity index (χ1) is 10.2. The zero-order valence-electron chi connectivity index (χ0n) is 11.8. The molecule has 0 radical (unpaired) electrons. The summed E-state index contributed by atoms with van der Waals surface area (Å²) >= 11 is 3.50. The van der Waals surface area contributed by atoms with Gasteiger partial charge in [0.25, 0.3) is 5.91 Å². The third-order valence-corrected chi connectivity index (χ3v) is 4.14. The summed E-state index contributed by atoms with van der Waals surface area (Å²) in [5.41, 5.74) is 2.73. The number of amides is 1. The summed E-state index contributed by atoms with van der Waals surface area (Å²) in [4.78, 5) is 14.7. The van der Waals surface area contributed by atoms with Crippen molar-refractivity contribution in [2.75, 3.05) is 11.9 Å². The lowest BCUT2D eigenvalue weighted by Crippen LogP contribution is -2.43. The molecule has 4 heteroatoms. The molecule has 1 unspecified atom stereocenters. The van der Waals surface area contributed by atoms with Crippen molar-refractivity contribution in [3.05, 3.63) is 64.1 Å². The van der Waals surface area contributed by atoms with Gasteiger partial charge in [0.1, 0.15) is 6.17 Å². The van der Waals surface area contributed by atoms with Gasteiger partial charge in [0.2, 0.25) is 0 Å². The summed E-state index contributed by atoms with van der Waals surface area (Å²) in [6, 6.07) is 15.8. The van der Waals surface area contributed by atoms with E-state index in [1.807, 2.05) is 47.4 Å². The summed E-state index contributed by atoms with van der Waals surface area (Å²) in [7, 11) is 0. The van der Waals surface area contributed by atoms with Crippen LogP contribution in [-0.2, 0) is 0 Å². The fraction of sp³-hybridized carbons (Fsp3) is 0.235. The van der Waals surface area contributed by atoms with Gasteiger partial charge in [-0.05, 0) is 36.2 Å². The summed E-state index contributed by atoms with van der Waals surface area (Å²) < 4.78 is 1.02. The van der Waals surface area contributed by atoms with E-state index in [1.54, 1.807) is 0 Å². The van der Waals surface area contributed by atoms with Crippen molar-refractivity contribution < 1.29 is 4.79 Å². The lowest BCUT2D eigenvalue weighted by molar-refractivity contribution is 0.0683. The van der Waals surface area contributed by atoms with Crippen LogP contribution in [0.25, 0.3) is 0 Å². The molecule has 1 amide bonds. The summed E-state index contributed by atoms with van der Waals surface area (Å²) in [5, 5.41) is 3.49. The van der Waals surface area contributed by atoms with Crippen LogP contribution in [0.15, 0.2) is 53.0 Å². The maximum atomic E-state index is 12.7. The van der Waals surface area contributed by atoms with Gasteiger partial charge in [0.15, 0.2) is 0 Å². The van der Waals surface area contributed by atoms with Gasteiger partial charge >= 0.3 is 0 Å². The van der Waals surface area contributed by atoms with Crippen molar-refractivity contribution in [3.63, 3.8) is 0 Å². The molecule has 1 atom stereocenters. The van der Waals surface area contributed by atoms with E-state index >= 15 is 0 Å². The summed E-state index contributed by atoms with van der Waals surface area (Å²) in [6.07, 6.45) is 0.810. The maximum absolute atomic E-state index is 12.7. The maximum Gasteiger partial charge on any atom is 0.257 e. The molecule has 0 aliphatic carbocycles. The Kier molecular flexibility index (Phi) is 3.97. The number of hydrogen-bond donors (Lipinski definition) is 1. The number of carbonyl (C=O) groups excluding carboxylic acids is 1. The molecule has 0 fully saturated rings. The third-order valence-electron chi connectivity index (χ3n) is 3.65. The van der Waals surface area contributed by atoms with Crippen molar-refractivity contribution in [1.29, 1.82) is 0 Å². The molecule has 3 rings (SSSR count). The first kappa shape index (κ1) is 14.1. The number of halogens is 1. The number of para-hydroxylation sites is 1. The van der Waals surface area contributed by atoms with E-state index in [1.165, 1.54) is 0 Å². The number of nitrogens with one attached hydrogen (secondary N) is 1. The number of carbonyl (C=O) groups is 1. The zero-order valence-corrected chi connectivity index (χ0v) is 13.4. The Bertz CT molecular complexity index is 671. The van der Waals surface area contributed by atoms with Gasteiger partial charge in [0.05, 0.1) is 5.56 Å². The first-order valence-electron chi connectivity index (χ1n) is 7.12. The van der Waals surface area contributed by atoms with Crippen LogP contribution in [0.3, 0.4) is 0 Å². The second-order valence-corrected chi connectivity index (χ2v) is 6.06. The van der Waals surface area contributed by atoms with E-state index in [4.69, 9.17) is 0 Å². The van der Waals surface area contributed by atoms with Gasteiger partial charge in [-0.2, -0.15) is 0 Å². The molecule has 21 heavy (non-hydrogen) atoms. The average Bonchev–Trinajstić information content (AvgIpc) is 2.50. The highest BCUT2D eigenvalue weighted by Crippen LogP contribution is 2.33. The van der Waals surface area contributed by atoms with E-state index in [0.29, 0.717) is 0 Å². The minimum Gasteiger partial charge on any atom is -0.361 e. The smallest absolute Gasteiger partial charge is 0.257 e. The molecular formula is C17H17BrN2O. The highest BCUT2D eigenvalue weighted by molar-refractivity contribution is 9.10. The molecule has 3 nitrogen and oxygen atoms in total. The van der Waals surface area contributed by atoms with Gasteiger partial charge in [-0.25, -0.2) is 0 Å². The molecule has 2 aromatic rings. The van der Waals surface area contributed by atoms with Crippen molar-refractivity contribution in [3.8, 4) is 0 Å². The Hall–Kier alpha value is -1.81. The van der Waals surface area contributed by atoms with E-state index < -0.39 is 0 Å². The van der Waals surface area contributed by atoms with Crippen LogP contribution in [0.1, 0.15) is 35.4 Å². The SMILES string of the molecule is CCCN1C(=O)c2ccccc2NC1c1cccc(Br)c1. The molecule has 0 saturated heterocycles. The van der Waals surface area contributed by atoms with Gasteiger partial charge in [-0.15, -0.1) is 0 Å². The van der Waals surface area contributed by atoms with Crippen molar-refractivity contribution in [1.82, 2.24) is 4.90 Å². The summed E-state index contributed by atoms with van der Waals surface area (Å²) in [6.45, 7) is 2.82. The van der Waals surface area contributed by atoms with Crippen LogP contribution in [0.4, 0.5) is 5.69 Å². The minimum atomic E-state index is -0.121. The zero-order chi connectivity index (χ0) is 14.8. The number of anilines is 1. The Balaban J connectivity index is 2.04. The molecule has 0 bridgehead atoms. The monoisotopic (exact) mass is 344 g/mol.